The Balaban J connectivity index is 1.18. The van der Waals surface area contributed by atoms with Crippen LogP contribution in [0.5, 0.6) is 5.75 Å². The van der Waals surface area contributed by atoms with E-state index in [9.17, 15) is 4.79 Å². The Bertz CT molecular complexity index is 1530. The zero-order valence-electron chi connectivity index (χ0n) is 21.5. The number of pyridine rings is 1. The Kier molecular flexibility index (Phi) is 7.80. The molecule has 198 valence electrons. The van der Waals surface area contributed by atoms with Gasteiger partial charge >= 0.3 is 0 Å². The van der Waals surface area contributed by atoms with Gasteiger partial charge in [0.2, 0.25) is 0 Å². The summed E-state index contributed by atoms with van der Waals surface area (Å²) in [6.45, 7) is 4.82. The van der Waals surface area contributed by atoms with Crippen molar-refractivity contribution in [2.24, 2.45) is 0 Å². The number of benzene rings is 2. The van der Waals surface area contributed by atoms with Crippen molar-refractivity contribution in [1.82, 2.24) is 20.2 Å². The van der Waals surface area contributed by atoms with Crippen molar-refractivity contribution in [3.8, 4) is 16.9 Å². The van der Waals surface area contributed by atoms with Crippen LogP contribution in [0.3, 0.4) is 0 Å². The third-order valence-electron chi connectivity index (χ3n) is 6.87. The summed E-state index contributed by atoms with van der Waals surface area (Å²) in [5.41, 5.74) is 3.47. The molecule has 6 rings (SSSR count). The molecule has 1 saturated heterocycles. The van der Waals surface area contributed by atoms with E-state index in [2.05, 4.69) is 72.9 Å². The second kappa shape index (κ2) is 11.9. The number of anilines is 1. The zero-order valence-corrected chi connectivity index (χ0v) is 23.1. The Hall–Kier alpha value is -3.79. The van der Waals surface area contributed by atoms with Gasteiger partial charge in [0.15, 0.2) is 6.61 Å². The molecular formula is C30H29N5O2S2. The number of piperazine rings is 1. The van der Waals surface area contributed by atoms with Gasteiger partial charge in [0.25, 0.3) is 5.91 Å². The van der Waals surface area contributed by atoms with Crippen molar-refractivity contribution in [2.45, 2.75) is 13.1 Å². The van der Waals surface area contributed by atoms with Crippen LogP contribution in [0, 0.1) is 0 Å². The number of rotatable bonds is 9. The van der Waals surface area contributed by atoms with Crippen LogP contribution < -0.4 is 15.0 Å². The number of nitrogens with one attached hydrogen (secondary N) is 1. The Labute approximate surface area is 235 Å². The first-order chi connectivity index (χ1) is 19.2. The molecule has 2 aromatic carbocycles. The minimum absolute atomic E-state index is 0.0352. The van der Waals surface area contributed by atoms with Crippen LogP contribution in [-0.4, -0.2) is 53.6 Å². The molecule has 3 aromatic heterocycles. The van der Waals surface area contributed by atoms with Crippen molar-refractivity contribution in [2.75, 3.05) is 37.7 Å². The number of hydrogen-bond donors (Lipinski definition) is 1. The Morgan fingerprint density at radius 3 is 2.64 bits per heavy atom. The minimum atomic E-state index is -0.159. The fourth-order valence-electron chi connectivity index (χ4n) is 4.84. The minimum Gasteiger partial charge on any atom is -0.483 e. The molecule has 1 aliphatic rings. The number of thiazole rings is 1. The molecule has 1 aliphatic heterocycles. The first kappa shape index (κ1) is 25.5. The molecule has 0 spiro atoms. The number of ether oxygens (including phenoxy) is 1. The van der Waals surface area contributed by atoms with E-state index in [1.807, 2.05) is 29.8 Å². The van der Waals surface area contributed by atoms with Gasteiger partial charge in [-0.25, -0.2) is 9.97 Å². The molecule has 0 radical (unpaired) electrons. The lowest BCUT2D eigenvalue weighted by molar-refractivity contribution is -0.123. The average molecular weight is 556 g/mol. The van der Waals surface area contributed by atoms with Crippen LogP contribution in [0.4, 0.5) is 5.82 Å². The van der Waals surface area contributed by atoms with Crippen LogP contribution in [0.15, 0.2) is 83.8 Å². The molecule has 9 heteroatoms. The summed E-state index contributed by atoms with van der Waals surface area (Å²) in [6.07, 6.45) is 3.58. The first-order valence-electron chi connectivity index (χ1n) is 13.0. The van der Waals surface area contributed by atoms with E-state index in [4.69, 9.17) is 4.74 Å². The summed E-state index contributed by atoms with van der Waals surface area (Å²) in [6, 6.07) is 20.9. The van der Waals surface area contributed by atoms with Crippen molar-refractivity contribution < 1.29 is 9.53 Å². The summed E-state index contributed by atoms with van der Waals surface area (Å²) in [5, 5.41) is 9.15. The maximum Gasteiger partial charge on any atom is 0.258 e. The lowest BCUT2D eigenvalue weighted by Crippen LogP contribution is -2.46. The van der Waals surface area contributed by atoms with Gasteiger partial charge in [0.05, 0.1) is 6.54 Å². The highest BCUT2D eigenvalue weighted by Gasteiger charge is 2.20. The second-order valence-electron chi connectivity index (χ2n) is 9.41. The number of hydrogen-bond acceptors (Lipinski definition) is 8. The van der Waals surface area contributed by atoms with Gasteiger partial charge in [-0.05, 0) is 41.3 Å². The predicted molar refractivity (Wildman–Crippen MR) is 158 cm³/mol. The highest BCUT2D eigenvalue weighted by Crippen LogP contribution is 2.36. The molecule has 4 heterocycles. The van der Waals surface area contributed by atoms with Crippen LogP contribution in [0.2, 0.25) is 0 Å². The number of thiophene rings is 1. The quantitative estimate of drug-likeness (QED) is 0.261. The molecule has 0 atom stereocenters. The molecule has 39 heavy (non-hydrogen) atoms. The lowest BCUT2D eigenvalue weighted by atomic mass is 10.0. The summed E-state index contributed by atoms with van der Waals surface area (Å²) >= 11 is 3.28. The highest BCUT2D eigenvalue weighted by atomic mass is 32.1. The number of aromatic nitrogens is 2. The van der Waals surface area contributed by atoms with Crippen molar-refractivity contribution in [3.63, 3.8) is 0 Å². The molecule has 1 amide bonds. The molecule has 0 aliphatic carbocycles. The fraction of sp³-hybridized carbons (Fsp3) is 0.233. The second-order valence-corrected chi connectivity index (χ2v) is 11.3. The van der Waals surface area contributed by atoms with E-state index in [0.717, 1.165) is 60.4 Å². The standard InChI is InChI=1S/C30H29N5O2S2/c36-29(33-18-30-32-11-16-38-30)20-37-26-9-8-22(25-21-39-27-6-2-1-5-24(25)27)17-23(26)19-34-12-14-35(15-13-34)28-7-3-4-10-31-28/h1-11,16-17,21H,12-15,18-20H2,(H,33,36). The van der Waals surface area contributed by atoms with Crippen molar-refractivity contribution in [1.29, 1.82) is 0 Å². The van der Waals surface area contributed by atoms with Gasteiger partial charge in [-0.3, -0.25) is 9.69 Å². The SMILES string of the molecule is O=C(COc1ccc(-c2csc3ccccc23)cc1CN1CCN(c2ccccn2)CC1)NCc1nccs1. The van der Waals surface area contributed by atoms with E-state index < -0.39 is 0 Å². The number of amides is 1. The maximum atomic E-state index is 12.5. The number of fused-ring (bicyclic) bond motifs is 1. The summed E-state index contributed by atoms with van der Waals surface area (Å²) in [4.78, 5) is 26.0. The normalized spacial score (nSPS) is 14.0. The van der Waals surface area contributed by atoms with Gasteiger partial charge < -0.3 is 15.0 Å². The van der Waals surface area contributed by atoms with Gasteiger partial charge in [0.1, 0.15) is 16.6 Å². The smallest absolute Gasteiger partial charge is 0.258 e. The van der Waals surface area contributed by atoms with E-state index in [1.165, 1.54) is 27.0 Å². The molecule has 1 fully saturated rings. The number of nitrogens with zero attached hydrogens (tertiary/aromatic N) is 4. The van der Waals surface area contributed by atoms with Crippen LogP contribution in [-0.2, 0) is 17.9 Å². The molecule has 0 saturated carbocycles. The zero-order chi connectivity index (χ0) is 26.4. The lowest BCUT2D eigenvalue weighted by Gasteiger charge is -2.35. The van der Waals surface area contributed by atoms with E-state index in [0.29, 0.717) is 6.54 Å². The van der Waals surface area contributed by atoms with Crippen LogP contribution in [0.1, 0.15) is 10.6 Å². The molecule has 1 N–H and O–H groups in total. The van der Waals surface area contributed by atoms with Gasteiger partial charge in [-0.2, -0.15) is 0 Å². The maximum absolute atomic E-state index is 12.5. The van der Waals surface area contributed by atoms with Gasteiger partial charge in [-0.15, -0.1) is 22.7 Å². The largest absolute Gasteiger partial charge is 0.483 e. The molecule has 7 nitrogen and oxygen atoms in total. The summed E-state index contributed by atoms with van der Waals surface area (Å²) < 4.78 is 7.36. The predicted octanol–water partition coefficient (Wildman–Crippen LogP) is 5.44. The molecular weight excluding hydrogens is 526 g/mol. The van der Waals surface area contributed by atoms with Gasteiger partial charge in [-0.1, -0.05) is 30.3 Å². The Morgan fingerprint density at radius 2 is 1.82 bits per heavy atom. The fourth-order valence-corrected chi connectivity index (χ4v) is 6.36. The highest BCUT2D eigenvalue weighted by molar-refractivity contribution is 7.17. The summed E-state index contributed by atoms with van der Waals surface area (Å²) in [5.74, 6) is 1.61. The first-order valence-corrected chi connectivity index (χ1v) is 14.7. The van der Waals surface area contributed by atoms with E-state index in [1.54, 1.807) is 17.5 Å². The molecule has 0 unspecified atom stereocenters. The van der Waals surface area contributed by atoms with Gasteiger partial charge in [0, 0.05) is 71.7 Å². The van der Waals surface area contributed by atoms with Crippen molar-refractivity contribution in [3.05, 3.63) is 94.4 Å². The number of carbonyl (C=O) groups excluding carboxylic acids is 1. The van der Waals surface area contributed by atoms with E-state index >= 15 is 0 Å². The third kappa shape index (κ3) is 6.11. The third-order valence-corrected chi connectivity index (χ3v) is 8.61. The summed E-state index contributed by atoms with van der Waals surface area (Å²) in [7, 11) is 0. The monoisotopic (exact) mass is 555 g/mol. The van der Waals surface area contributed by atoms with Crippen LogP contribution >= 0.6 is 22.7 Å². The Morgan fingerprint density at radius 1 is 0.949 bits per heavy atom. The average Bonchev–Trinajstić information content (AvgIpc) is 3.67. The van der Waals surface area contributed by atoms with Crippen molar-refractivity contribution >= 4 is 44.5 Å². The number of carbonyl (C=O) groups is 1. The molecule has 5 aromatic rings. The molecule has 0 bridgehead atoms. The van der Waals surface area contributed by atoms with Crippen LogP contribution in [0.25, 0.3) is 21.2 Å². The topological polar surface area (TPSA) is 70.6 Å². The van der Waals surface area contributed by atoms with E-state index in [-0.39, 0.29) is 12.5 Å².